The van der Waals surface area contributed by atoms with E-state index in [1.165, 1.54) is 45.1 Å². The lowest BCUT2D eigenvalue weighted by Gasteiger charge is -2.31. The van der Waals surface area contributed by atoms with E-state index in [2.05, 4.69) is 37.2 Å². The number of ether oxygens (including phenoxy) is 1. The average molecular weight is 499 g/mol. The van der Waals surface area contributed by atoms with Gasteiger partial charge in [0.2, 0.25) is 0 Å². The lowest BCUT2D eigenvalue weighted by molar-refractivity contribution is 0.206. The SMILES string of the molecule is Nc1ncnc(NCC2CCN(C/C=C/CN3CCCC3)CC2)c1-c1ccc(Oc2ccccc2)cc1. The largest absolute Gasteiger partial charge is 0.457 e. The third kappa shape index (κ3) is 7.08. The van der Waals surface area contributed by atoms with Crippen LogP contribution in [0.15, 0.2) is 73.1 Å². The number of hydrogen-bond donors (Lipinski definition) is 2. The van der Waals surface area contributed by atoms with E-state index in [-0.39, 0.29) is 0 Å². The molecule has 0 atom stereocenters. The van der Waals surface area contributed by atoms with Crippen LogP contribution in [0.4, 0.5) is 11.6 Å². The number of rotatable bonds is 10. The molecule has 3 heterocycles. The number of nitrogens with two attached hydrogens (primary N) is 1. The monoisotopic (exact) mass is 498 g/mol. The zero-order chi connectivity index (χ0) is 25.3. The number of benzene rings is 2. The molecule has 7 heteroatoms. The number of hydrogen-bond acceptors (Lipinski definition) is 7. The highest BCUT2D eigenvalue weighted by atomic mass is 16.5. The summed E-state index contributed by atoms with van der Waals surface area (Å²) in [6.07, 6.45) is 11.3. The number of anilines is 2. The van der Waals surface area contributed by atoms with Crippen molar-refractivity contribution in [3.63, 3.8) is 0 Å². The third-order valence-electron chi connectivity index (χ3n) is 7.36. The minimum absolute atomic E-state index is 0.477. The highest BCUT2D eigenvalue weighted by Gasteiger charge is 2.20. The summed E-state index contributed by atoms with van der Waals surface area (Å²) in [5.74, 6) is 3.47. The van der Waals surface area contributed by atoms with Gasteiger partial charge in [-0.05, 0) is 87.6 Å². The van der Waals surface area contributed by atoms with Gasteiger partial charge in [0.25, 0.3) is 0 Å². The minimum atomic E-state index is 0.477. The summed E-state index contributed by atoms with van der Waals surface area (Å²) in [6.45, 7) is 7.85. The van der Waals surface area contributed by atoms with E-state index in [0.29, 0.717) is 11.7 Å². The minimum Gasteiger partial charge on any atom is -0.457 e. The Morgan fingerprint density at radius 2 is 1.49 bits per heavy atom. The van der Waals surface area contributed by atoms with E-state index < -0.39 is 0 Å². The summed E-state index contributed by atoms with van der Waals surface area (Å²) in [4.78, 5) is 13.9. The number of piperidine rings is 1. The molecule has 5 rings (SSSR count). The average Bonchev–Trinajstić information content (AvgIpc) is 3.46. The van der Waals surface area contributed by atoms with Crippen molar-refractivity contribution in [2.45, 2.75) is 25.7 Å². The molecule has 2 fully saturated rings. The van der Waals surface area contributed by atoms with Gasteiger partial charge in [-0.1, -0.05) is 42.5 Å². The Bertz CT molecular complexity index is 1140. The smallest absolute Gasteiger partial charge is 0.139 e. The number of nitrogen functional groups attached to an aromatic ring is 1. The molecule has 0 aliphatic carbocycles. The summed E-state index contributed by atoms with van der Waals surface area (Å²) in [6, 6.07) is 17.7. The van der Waals surface area contributed by atoms with Gasteiger partial charge in [-0.15, -0.1) is 0 Å². The van der Waals surface area contributed by atoms with E-state index in [1.54, 1.807) is 0 Å². The van der Waals surface area contributed by atoms with Crippen LogP contribution >= 0.6 is 0 Å². The summed E-state index contributed by atoms with van der Waals surface area (Å²) in [7, 11) is 0. The van der Waals surface area contributed by atoms with E-state index in [0.717, 1.165) is 61.2 Å². The fraction of sp³-hybridized carbons (Fsp3) is 0.400. The fourth-order valence-electron chi connectivity index (χ4n) is 5.16. The Morgan fingerprint density at radius 3 is 2.19 bits per heavy atom. The van der Waals surface area contributed by atoms with Crippen molar-refractivity contribution < 1.29 is 4.74 Å². The number of nitrogens with zero attached hydrogens (tertiary/aromatic N) is 4. The molecule has 1 aromatic heterocycles. The van der Waals surface area contributed by atoms with E-state index >= 15 is 0 Å². The first-order valence-corrected chi connectivity index (χ1v) is 13.5. The first-order chi connectivity index (χ1) is 18.2. The van der Waals surface area contributed by atoms with Gasteiger partial charge in [0.15, 0.2) is 0 Å². The van der Waals surface area contributed by atoms with Crippen LogP contribution in [0.25, 0.3) is 11.1 Å². The Kier molecular flexibility index (Phi) is 8.66. The highest BCUT2D eigenvalue weighted by Crippen LogP contribution is 2.33. The molecule has 3 aromatic rings. The Hall–Kier alpha value is -3.42. The molecular formula is C30H38N6O. The van der Waals surface area contributed by atoms with Crippen LogP contribution < -0.4 is 15.8 Å². The summed E-state index contributed by atoms with van der Waals surface area (Å²) >= 11 is 0. The van der Waals surface area contributed by atoms with Crippen LogP contribution in [-0.4, -0.2) is 65.6 Å². The standard InChI is InChI=1S/C30H38N6O/c31-29-28(25-10-12-27(13-11-25)37-26-8-2-1-3-9-26)30(34-23-33-29)32-22-24-14-20-36(21-15-24)19-7-6-18-35-16-4-5-17-35/h1-3,6-13,23-24H,4-5,14-22H2,(H3,31,32,33,34)/b7-6+. The molecule has 37 heavy (non-hydrogen) atoms. The number of aromatic nitrogens is 2. The lowest BCUT2D eigenvalue weighted by atomic mass is 9.96. The second-order valence-corrected chi connectivity index (χ2v) is 10.0. The van der Waals surface area contributed by atoms with Gasteiger partial charge in [0.05, 0.1) is 5.56 Å². The summed E-state index contributed by atoms with van der Waals surface area (Å²) in [5.41, 5.74) is 8.11. The number of para-hydroxylation sites is 1. The Morgan fingerprint density at radius 1 is 0.838 bits per heavy atom. The van der Waals surface area contributed by atoms with E-state index in [1.807, 2.05) is 54.6 Å². The lowest BCUT2D eigenvalue weighted by Crippen LogP contribution is -2.36. The number of nitrogens with one attached hydrogen (secondary N) is 1. The normalized spacial score (nSPS) is 17.4. The molecule has 0 saturated carbocycles. The zero-order valence-corrected chi connectivity index (χ0v) is 21.6. The van der Waals surface area contributed by atoms with Crippen molar-refractivity contribution in [2.24, 2.45) is 5.92 Å². The maximum absolute atomic E-state index is 6.30. The van der Waals surface area contributed by atoms with Crippen molar-refractivity contribution in [1.29, 1.82) is 0 Å². The second-order valence-electron chi connectivity index (χ2n) is 10.0. The van der Waals surface area contributed by atoms with Gasteiger partial charge in [0.1, 0.15) is 29.5 Å². The molecular weight excluding hydrogens is 460 g/mol. The van der Waals surface area contributed by atoms with Crippen molar-refractivity contribution in [3.8, 4) is 22.6 Å². The maximum atomic E-state index is 6.30. The van der Waals surface area contributed by atoms with Gasteiger partial charge in [0, 0.05) is 19.6 Å². The van der Waals surface area contributed by atoms with Crippen LogP contribution in [0.1, 0.15) is 25.7 Å². The molecule has 0 unspecified atom stereocenters. The Labute approximate surface area is 220 Å². The van der Waals surface area contributed by atoms with E-state index in [9.17, 15) is 0 Å². The van der Waals surface area contributed by atoms with Crippen molar-refractivity contribution in [3.05, 3.63) is 73.1 Å². The third-order valence-corrected chi connectivity index (χ3v) is 7.36. The number of likely N-dealkylation sites (tertiary alicyclic amines) is 2. The molecule has 0 bridgehead atoms. The maximum Gasteiger partial charge on any atom is 0.139 e. The van der Waals surface area contributed by atoms with Gasteiger partial charge in [-0.3, -0.25) is 9.80 Å². The molecule has 2 aliphatic heterocycles. The van der Waals surface area contributed by atoms with Crippen molar-refractivity contribution in [2.75, 3.05) is 56.9 Å². The highest BCUT2D eigenvalue weighted by molar-refractivity contribution is 5.83. The van der Waals surface area contributed by atoms with Crippen LogP contribution in [-0.2, 0) is 0 Å². The molecule has 0 radical (unpaired) electrons. The van der Waals surface area contributed by atoms with Crippen LogP contribution in [0.2, 0.25) is 0 Å². The molecule has 3 N–H and O–H groups in total. The fourth-order valence-corrected chi connectivity index (χ4v) is 5.16. The molecule has 2 saturated heterocycles. The second kappa shape index (κ2) is 12.7. The zero-order valence-electron chi connectivity index (χ0n) is 21.6. The van der Waals surface area contributed by atoms with Crippen LogP contribution in [0, 0.1) is 5.92 Å². The van der Waals surface area contributed by atoms with Gasteiger partial charge in [-0.2, -0.15) is 0 Å². The molecule has 0 spiro atoms. The molecule has 2 aliphatic rings. The molecule has 7 nitrogen and oxygen atoms in total. The molecule has 0 amide bonds. The van der Waals surface area contributed by atoms with Gasteiger partial charge in [-0.25, -0.2) is 9.97 Å². The summed E-state index contributed by atoms with van der Waals surface area (Å²) in [5, 5.41) is 3.57. The topological polar surface area (TPSA) is 79.5 Å². The van der Waals surface area contributed by atoms with Crippen LogP contribution in [0.5, 0.6) is 11.5 Å². The molecule has 2 aromatic carbocycles. The van der Waals surface area contributed by atoms with Crippen molar-refractivity contribution in [1.82, 2.24) is 19.8 Å². The predicted molar refractivity (Wildman–Crippen MR) is 151 cm³/mol. The van der Waals surface area contributed by atoms with E-state index in [4.69, 9.17) is 10.5 Å². The van der Waals surface area contributed by atoms with Gasteiger partial charge >= 0.3 is 0 Å². The quantitative estimate of drug-likeness (QED) is 0.368. The molecule has 194 valence electrons. The van der Waals surface area contributed by atoms with Crippen LogP contribution in [0.3, 0.4) is 0 Å². The predicted octanol–water partition coefficient (Wildman–Crippen LogP) is 5.29. The first-order valence-electron chi connectivity index (χ1n) is 13.5. The summed E-state index contributed by atoms with van der Waals surface area (Å²) < 4.78 is 5.93. The first kappa shape index (κ1) is 25.2. The van der Waals surface area contributed by atoms with Crippen molar-refractivity contribution >= 4 is 11.6 Å². The van der Waals surface area contributed by atoms with Gasteiger partial charge < -0.3 is 15.8 Å². The Balaban J connectivity index is 1.12.